The number of methoxy groups -OCH3 is 2. The number of carbonyl (C=O) groups is 2. The molecule has 1 atom stereocenters. The first-order chi connectivity index (χ1) is 10.6. The topological polar surface area (TPSA) is 68.3 Å². The third-order valence-corrected chi connectivity index (χ3v) is 4.13. The van der Waals surface area contributed by atoms with Gasteiger partial charge in [0, 0.05) is 12.6 Å². The van der Waals surface area contributed by atoms with Crippen LogP contribution in [0.4, 0.5) is 5.69 Å². The lowest BCUT2D eigenvalue weighted by Gasteiger charge is -2.23. The molecular weight excluding hydrogens is 288 g/mol. The van der Waals surface area contributed by atoms with Crippen LogP contribution in [-0.2, 0) is 9.63 Å². The van der Waals surface area contributed by atoms with E-state index >= 15 is 0 Å². The van der Waals surface area contributed by atoms with Crippen LogP contribution >= 0.6 is 0 Å². The van der Waals surface area contributed by atoms with Crippen molar-refractivity contribution in [2.45, 2.75) is 18.9 Å². The standard InChI is InChI=1S/C15H18N2O5/c1-20-12-7-9-11(8-13(12)21-2)17(22-3)15(19)10-5-4-6-16(10)14(9)18/h7-8,10H,4-6H2,1-3H3/t10-/m0/s1. The molecule has 0 unspecified atom stereocenters. The van der Waals surface area contributed by atoms with Crippen LogP contribution in [0.3, 0.4) is 0 Å². The van der Waals surface area contributed by atoms with Crippen molar-refractivity contribution in [2.75, 3.05) is 32.9 Å². The summed E-state index contributed by atoms with van der Waals surface area (Å²) < 4.78 is 10.5. The molecule has 1 saturated heterocycles. The second-order valence-corrected chi connectivity index (χ2v) is 5.20. The van der Waals surface area contributed by atoms with Crippen LogP contribution in [0.1, 0.15) is 23.2 Å². The van der Waals surface area contributed by atoms with Gasteiger partial charge in [-0.25, -0.2) is 0 Å². The fourth-order valence-corrected chi connectivity index (χ4v) is 3.07. The van der Waals surface area contributed by atoms with Gasteiger partial charge in [-0.15, -0.1) is 0 Å². The summed E-state index contributed by atoms with van der Waals surface area (Å²) in [6, 6.07) is 2.71. The summed E-state index contributed by atoms with van der Waals surface area (Å²) in [4.78, 5) is 32.3. The van der Waals surface area contributed by atoms with Crippen molar-refractivity contribution in [1.29, 1.82) is 0 Å². The normalized spacial score (nSPS) is 20.6. The predicted octanol–water partition coefficient (Wildman–Crippen LogP) is 1.22. The lowest BCUT2D eigenvalue weighted by molar-refractivity contribution is -0.128. The Kier molecular flexibility index (Phi) is 3.66. The maximum Gasteiger partial charge on any atom is 0.273 e. The molecule has 2 heterocycles. The van der Waals surface area contributed by atoms with E-state index in [-0.39, 0.29) is 11.8 Å². The van der Waals surface area contributed by atoms with Crippen LogP contribution in [0.15, 0.2) is 12.1 Å². The van der Waals surface area contributed by atoms with E-state index in [1.807, 2.05) is 0 Å². The van der Waals surface area contributed by atoms with Gasteiger partial charge < -0.3 is 14.4 Å². The number of fused-ring (bicyclic) bond motifs is 2. The number of nitrogens with zero attached hydrogens (tertiary/aromatic N) is 2. The first kappa shape index (κ1) is 14.6. The zero-order valence-corrected chi connectivity index (χ0v) is 12.8. The molecule has 22 heavy (non-hydrogen) atoms. The SMILES string of the molecule is COc1cc2c(cc1OC)N(OC)C(=O)[C@@H]1CCCN1C2=O. The minimum atomic E-state index is -0.475. The van der Waals surface area contributed by atoms with Gasteiger partial charge in [0.15, 0.2) is 11.5 Å². The highest BCUT2D eigenvalue weighted by molar-refractivity contribution is 6.10. The molecule has 0 radical (unpaired) electrons. The van der Waals surface area contributed by atoms with Crippen LogP contribution in [0.25, 0.3) is 0 Å². The summed E-state index contributed by atoms with van der Waals surface area (Å²) in [5.74, 6) is 0.451. The van der Waals surface area contributed by atoms with E-state index in [9.17, 15) is 9.59 Å². The molecule has 1 aromatic carbocycles. The van der Waals surface area contributed by atoms with Gasteiger partial charge in [0.2, 0.25) is 0 Å². The third kappa shape index (κ3) is 2.00. The fourth-order valence-electron chi connectivity index (χ4n) is 3.07. The Bertz CT molecular complexity index is 631. The highest BCUT2D eigenvalue weighted by atomic mass is 16.7. The first-order valence-electron chi connectivity index (χ1n) is 7.07. The molecule has 2 aliphatic heterocycles. The number of benzene rings is 1. The summed E-state index contributed by atoms with van der Waals surface area (Å²) in [5.41, 5.74) is 0.752. The molecule has 7 nitrogen and oxygen atoms in total. The molecule has 118 valence electrons. The van der Waals surface area contributed by atoms with Crippen LogP contribution in [0.5, 0.6) is 11.5 Å². The van der Waals surface area contributed by atoms with Crippen molar-refractivity contribution in [3.8, 4) is 11.5 Å². The highest BCUT2D eigenvalue weighted by Gasteiger charge is 2.43. The van der Waals surface area contributed by atoms with E-state index in [2.05, 4.69) is 0 Å². The van der Waals surface area contributed by atoms with E-state index in [1.165, 1.54) is 26.4 Å². The van der Waals surface area contributed by atoms with Crippen LogP contribution in [-0.4, -0.2) is 50.6 Å². The molecule has 0 spiro atoms. The van der Waals surface area contributed by atoms with Gasteiger partial charge in [-0.2, -0.15) is 5.06 Å². The molecule has 3 rings (SSSR count). The lowest BCUT2D eigenvalue weighted by Crippen LogP contribution is -2.44. The quantitative estimate of drug-likeness (QED) is 0.840. The number of amides is 2. The van der Waals surface area contributed by atoms with Gasteiger partial charge in [0.1, 0.15) is 6.04 Å². The average molecular weight is 306 g/mol. The van der Waals surface area contributed by atoms with Crippen LogP contribution in [0, 0.1) is 0 Å². The molecule has 2 aliphatic rings. The van der Waals surface area contributed by atoms with Crippen molar-refractivity contribution in [3.63, 3.8) is 0 Å². The zero-order valence-electron chi connectivity index (χ0n) is 12.8. The van der Waals surface area contributed by atoms with Crippen LogP contribution < -0.4 is 14.5 Å². The molecule has 0 N–H and O–H groups in total. The van der Waals surface area contributed by atoms with Crippen molar-refractivity contribution >= 4 is 17.5 Å². The van der Waals surface area contributed by atoms with Crippen molar-refractivity contribution < 1.29 is 23.9 Å². The summed E-state index contributed by atoms with van der Waals surface area (Å²) in [6.07, 6.45) is 1.45. The summed E-state index contributed by atoms with van der Waals surface area (Å²) >= 11 is 0. The van der Waals surface area contributed by atoms with Crippen molar-refractivity contribution in [2.24, 2.45) is 0 Å². The summed E-state index contributed by atoms with van der Waals surface area (Å²) in [7, 11) is 4.41. The number of hydrogen-bond acceptors (Lipinski definition) is 5. The van der Waals surface area contributed by atoms with Crippen molar-refractivity contribution in [1.82, 2.24) is 4.90 Å². The Morgan fingerprint density at radius 1 is 1.09 bits per heavy atom. The Morgan fingerprint density at radius 3 is 2.41 bits per heavy atom. The molecule has 2 amide bonds. The molecule has 1 aromatic rings. The number of carbonyl (C=O) groups excluding carboxylic acids is 2. The Morgan fingerprint density at radius 2 is 1.77 bits per heavy atom. The maximum atomic E-state index is 12.8. The average Bonchev–Trinajstić information content (AvgIpc) is 3.01. The number of anilines is 1. The van der Waals surface area contributed by atoms with E-state index in [0.29, 0.717) is 35.7 Å². The van der Waals surface area contributed by atoms with Crippen LogP contribution in [0.2, 0.25) is 0 Å². The molecule has 7 heteroatoms. The van der Waals surface area contributed by atoms with E-state index in [0.717, 1.165) is 6.42 Å². The number of hydroxylamine groups is 1. The molecule has 0 aromatic heterocycles. The van der Waals surface area contributed by atoms with Gasteiger partial charge in [0.05, 0.1) is 32.6 Å². The Balaban J connectivity index is 2.21. The lowest BCUT2D eigenvalue weighted by atomic mass is 10.1. The zero-order chi connectivity index (χ0) is 15.9. The number of rotatable bonds is 3. The third-order valence-electron chi connectivity index (χ3n) is 4.13. The minimum Gasteiger partial charge on any atom is -0.493 e. The maximum absolute atomic E-state index is 12.8. The second kappa shape index (κ2) is 5.49. The molecule has 0 aliphatic carbocycles. The Labute approximate surface area is 128 Å². The van der Waals surface area contributed by atoms with Crippen molar-refractivity contribution in [3.05, 3.63) is 17.7 Å². The van der Waals surface area contributed by atoms with Gasteiger partial charge in [-0.05, 0) is 18.9 Å². The van der Waals surface area contributed by atoms with Gasteiger partial charge >= 0.3 is 0 Å². The number of ether oxygens (including phenoxy) is 2. The number of hydrogen-bond donors (Lipinski definition) is 0. The Hall–Kier alpha value is -2.28. The fraction of sp³-hybridized carbons (Fsp3) is 0.467. The molecule has 0 bridgehead atoms. The van der Waals surface area contributed by atoms with Gasteiger partial charge in [0.25, 0.3) is 11.8 Å². The molecule has 0 saturated carbocycles. The highest BCUT2D eigenvalue weighted by Crippen LogP contribution is 2.39. The van der Waals surface area contributed by atoms with Gasteiger partial charge in [-0.3, -0.25) is 14.4 Å². The first-order valence-corrected chi connectivity index (χ1v) is 7.07. The summed E-state index contributed by atoms with van der Waals surface area (Å²) in [5, 5.41) is 1.17. The van der Waals surface area contributed by atoms with E-state index in [1.54, 1.807) is 17.0 Å². The van der Waals surface area contributed by atoms with E-state index < -0.39 is 6.04 Å². The largest absolute Gasteiger partial charge is 0.493 e. The monoisotopic (exact) mass is 306 g/mol. The molecule has 1 fully saturated rings. The predicted molar refractivity (Wildman–Crippen MR) is 78.1 cm³/mol. The summed E-state index contributed by atoms with van der Waals surface area (Å²) in [6.45, 7) is 0.570. The van der Waals surface area contributed by atoms with E-state index in [4.69, 9.17) is 14.3 Å². The second-order valence-electron chi connectivity index (χ2n) is 5.20. The van der Waals surface area contributed by atoms with Gasteiger partial charge in [-0.1, -0.05) is 0 Å². The minimum absolute atomic E-state index is 0.189. The smallest absolute Gasteiger partial charge is 0.273 e. The molecular formula is C15H18N2O5.